The highest BCUT2D eigenvalue weighted by atomic mass is 32.2. The molecule has 0 fully saturated rings. The zero-order valence-electron chi connectivity index (χ0n) is 23.0. The number of sulfonamides is 1. The predicted octanol–water partition coefficient (Wildman–Crippen LogP) is 3.25. The van der Waals surface area contributed by atoms with Gasteiger partial charge in [-0.1, -0.05) is 44.2 Å². The highest BCUT2D eigenvalue weighted by Crippen LogP contribution is 2.35. The number of anilines is 1. The number of rotatable bonds is 12. The molecule has 1 aliphatic heterocycles. The van der Waals surface area contributed by atoms with Gasteiger partial charge in [-0.15, -0.1) is 0 Å². The average Bonchev–Trinajstić information content (AvgIpc) is 3.26. The summed E-state index contributed by atoms with van der Waals surface area (Å²) in [6.07, 6.45) is 3.48. The first-order valence-electron chi connectivity index (χ1n) is 13.5. The summed E-state index contributed by atoms with van der Waals surface area (Å²) in [6, 6.07) is 12.9. The number of carbonyl (C=O) groups excluding carboxylic acids is 2. The van der Waals surface area contributed by atoms with Crippen LogP contribution in [-0.2, 0) is 38.9 Å². The molecule has 3 aromatic rings. The largest absolute Gasteiger partial charge is 0.461 e. The Balaban J connectivity index is 1.72. The van der Waals surface area contributed by atoms with Crippen molar-refractivity contribution in [2.24, 2.45) is 0 Å². The maximum absolute atomic E-state index is 13.8. The van der Waals surface area contributed by atoms with E-state index in [4.69, 9.17) is 4.74 Å². The van der Waals surface area contributed by atoms with Gasteiger partial charge in [0.15, 0.2) is 0 Å². The van der Waals surface area contributed by atoms with Crippen molar-refractivity contribution < 1.29 is 22.7 Å². The van der Waals surface area contributed by atoms with E-state index in [0.717, 1.165) is 34.9 Å². The molecule has 0 spiro atoms. The number of nitrogens with zero attached hydrogens (tertiary/aromatic N) is 2. The van der Waals surface area contributed by atoms with Crippen molar-refractivity contribution in [3.63, 3.8) is 0 Å². The van der Waals surface area contributed by atoms with Gasteiger partial charge in [0.1, 0.15) is 6.10 Å². The van der Waals surface area contributed by atoms with Crippen LogP contribution in [0.3, 0.4) is 0 Å². The van der Waals surface area contributed by atoms with Gasteiger partial charge in [0, 0.05) is 43.3 Å². The molecular formula is C29H38N4O5S. The molecule has 2 aromatic carbocycles. The van der Waals surface area contributed by atoms with Gasteiger partial charge in [-0.25, -0.2) is 8.42 Å². The molecule has 0 radical (unpaired) electrons. The zero-order chi connectivity index (χ0) is 28.2. The second kappa shape index (κ2) is 12.2. The Hall–Kier alpha value is -3.37. The Morgan fingerprint density at radius 1 is 1.18 bits per heavy atom. The number of ether oxygens (including phenoxy) is 1. The van der Waals surface area contributed by atoms with Gasteiger partial charge in [0.2, 0.25) is 10.0 Å². The Kier molecular flexibility index (Phi) is 8.97. The lowest BCUT2D eigenvalue weighted by molar-refractivity contribution is -0.134. The molecule has 1 amide bonds. The molecule has 0 unspecified atom stereocenters. The van der Waals surface area contributed by atoms with Gasteiger partial charge in [-0.3, -0.25) is 13.9 Å². The minimum Gasteiger partial charge on any atom is -0.461 e. The van der Waals surface area contributed by atoms with E-state index in [1.165, 1.54) is 11.4 Å². The van der Waals surface area contributed by atoms with Crippen LogP contribution in [0.1, 0.15) is 48.7 Å². The van der Waals surface area contributed by atoms with Gasteiger partial charge in [0.05, 0.1) is 23.0 Å². The standard InChI is InChI=1S/C29H38N4O5S/c1-5-20(3)30-17-27(38-19-34)25(14-21-10-8-7-9-11-21)31-29(35)23-15-24-22(6-2)18-33-12-13-39(36,37)32(4)26(16-23)28(24)33/h7-11,15-16,18-20,25,27,30H,5-6,12-14,17H2,1-4H3,(H,31,35)/t20-,25-,27+/m0/s1. The number of amides is 1. The molecule has 0 saturated heterocycles. The second-order valence-corrected chi connectivity index (χ2v) is 12.3. The van der Waals surface area contributed by atoms with Gasteiger partial charge >= 0.3 is 0 Å². The lowest BCUT2D eigenvalue weighted by Crippen LogP contribution is -2.51. The van der Waals surface area contributed by atoms with Gasteiger partial charge in [-0.05, 0) is 49.4 Å². The van der Waals surface area contributed by atoms with Crippen molar-refractivity contribution >= 4 is 39.0 Å². The summed E-state index contributed by atoms with van der Waals surface area (Å²) in [6.45, 7) is 7.31. The fourth-order valence-corrected chi connectivity index (χ4v) is 6.17. The lowest BCUT2D eigenvalue weighted by Gasteiger charge is -2.28. The molecule has 2 N–H and O–H groups in total. The highest BCUT2D eigenvalue weighted by Gasteiger charge is 2.30. The number of aromatic nitrogens is 1. The first-order chi connectivity index (χ1) is 18.7. The molecule has 4 rings (SSSR count). The summed E-state index contributed by atoms with van der Waals surface area (Å²) < 4.78 is 34.5. The number of hydrogen-bond donors (Lipinski definition) is 2. The van der Waals surface area contributed by atoms with Crippen molar-refractivity contribution in [2.45, 2.75) is 64.8 Å². The molecular weight excluding hydrogens is 516 g/mol. The third-order valence-electron chi connectivity index (χ3n) is 7.60. The molecule has 0 aliphatic carbocycles. The summed E-state index contributed by atoms with van der Waals surface area (Å²) in [5.41, 5.74) is 3.69. The van der Waals surface area contributed by atoms with Crippen molar-refractivity contribution in [1.29, 1.82) is 0 Å². The van der Waals surface area contributed by atoms with E-state index < -0.39 is 22.2 Å². The van der Waals surface area contributed by atoms with Gasteiger partial charge < -0.3 is 19.9 Å². The van der Waals surface area contributed by atoms with Crippen LogP contribution in [0.5, 0.6) is 0 Å². The predicted molar refractivity (Wildman–Crippen MR) is 154 cm³/mol. The van der Waals surface area contributed by atoms with E-state index in [-0.39, 0.29) is 17.7 Å². The highest BCUT2D eigenvalue weighted by molar-refractivity contribution is 7.92. The fraction of sp³-hybridized carbons (Fsp3) is 0.448. The van der Waals surface area contributed by atoms with Crippen LogP contribution >= 0.6 is 0 Å². The summed E-state index contributed by atoms with van der Waals surface area (Å²) in [4.78, 5) is 25.2. The number of benzene rings is 2. The molecule has 0 saturated carbocycles. The molecule has 1 aromatic heterocycles. The van der Waals surface area contributed by atoms with E-state index in [9.17, 15) is 18.0 Å². The van der Waals surface area contributed by atoms with Crippen LogP contribution in [0.4, 0.5) is 5.69 Å². The maximum Gasteiger partial charge on any atom is 0.293 e. The van der Waals surface area contributed by atoms with Gasteiger partial charge in [-0.2, -0.15) is 0 Å². The van der Waals surface area contributed by atoms with Crippen LogP contribution in [-0.4, -0.2) is 62.9 Å². The normalized spacial score (nSPS) is 16.8. The Labute approximate surface area is 230 Å². The molecule has 39 heavy (non-hydrogen) atoms. The fourth-order valence-electron chi connectivity index (χ4n) is 5.03. The summed E-state index contributed by atoms with van der Waals surface area (Å²) in [5.74, 6) is -0.373. The summed E-state index contributed by atoms with van der Waals surface area (Å²) in [7, 11) is -2.00. The smallest absolute Gasteiger partial charge is 0.293 e. The minimum absolute atomic E-state index is 0.0142. The lowest BCUT2D eigenvalue weighted by atomic mass is 9.99. The third-order valence-corrected chi connectivity index (χ3v) is 9.33. The Morgan fingerprint density at radius 3 is 2.59 bits per heavy atom. The van der Waals surface area contributed by atoms with Crippen molar-refractivity contribution in [1.82, 2.24) is 15.2 Å². The van der Waals surface area contributed by atoms with Crippen molar-refractivity contribution in [3.8, 4) is 0 Å². The zero-order valence-corrected chi connectivity index (χ0v) is 23.8. The topological polar surface area (TPSA) is 110 Å². The molecule has 10 heteroatoms. The average molecular weight is 555 g/mol. The van der Waals surface area contributed by atoms with Crippen LogP contribution < -0.4 is 14.9 Å². The number of nitrogens with one attached hydrogen (secondary N) is 2. The second-order valence-electron chi connectivity index (χ2n) is 10.1. The van der Waals surface area contributed by atoms with E-state index in [1.807, 2.05) is 61.0 Å². The van der Waals surface area contributed by atoms with Crippen LogP contribution in [0, 0.1) is 0 Å². The van der Waals surface area contributed by atoms with E-state index in [1.54, 1.807) is 6.07 Å². The van der Waals surface area contributed by atoms with Crippen molar-refractivity contribution in [2.75, 3.05) is 23.7 Å². The Bertz CT molecular complexity index is 1420. The van der Waals surface area contributed by atoms with Crippen molar-refractivity contribution in [3.05, 3.63) is 65.4 Å². The van der Waals surface area contributed by atoms with Crippen LogP contribution in [0.2, 0.25) is 0 Å². The summed E-state index contributed by atoms with van der Waals surface area (Å²) >= 11 is 0. The first-order valence-corrected chi connectivity index (χ1v) is 15.1. The third kappa shape index (κ3) is 6.28. The maximum atomic E-state index is 13.8. The Morgan fingerprint density at radius 2 is 1.92 bits per heavy atom. The monoisotopic (exact) mass is 554 g/mol. The van der Waals surface area contributed by atoms with Crippen LogP contribution in [0.15, 0.2) is 48.7 Å². The molecule has 1 aliphatic rings. The number of carbonyl (C=O) groups is 2. The molecule has 9 nitrogen and oxygen atoms in total. The number of aryl methyl sites for hydroxylation is 2. The molecule has 2 heterocycles. The molecule has 3 atom stereocenters. The van der Waals surface area contributed by atoms with Crippen LogP contribution in [0.25, 0.3) is 10.9 Å². The summed E-state index contributed by atoms with van der Waals surface area (Å²) in [5, 5.41) is 7.34. The molecule has 0 bridgehead atoms. The SMILES string of the molecule is CCc1cn2c3c(cc(C(=O)N[C@@H](Cc4ccccc4)[C@@H](CN[C@@H](C)CC)OC=O)cc13)N(C)S(=O)(=O)CC2. The van der Waals surface area contributed by atoms with Gasteiger partial charge in [0.25, 0.3) is 12.4 Å². The van der Waals surface area contributed by atoms with E-state index in [0.29, 0.717) is 37.2 Å². The minimum atomic E-state index is -3.53. The van der Waals surface area contributed by atoms with E-state index in [2.05, 4.69) is 17.6 Å². The number of hydrogen-bond acceptors (Lipinski definition) is 6. The quantitative estimate of drug-likeness (QED) is 0.333. The first kappa shape index (κ1) is 28.6. The van der Waals surface area contributed by atoms with E-state index >= 15 is 0 Å². The molecule has 210 valence electrons.